The van der Waals surface area contributed by atoms with Gasteiger partial charge < -0.3 is 20.0 Å². The molecule has 0 saturated heterocycles. The molecule has 1 aliphatic heterocycles. The molecule has 1 aliphatic rings. The third-order valence-electron chi connectivity index (χ3n) is 7.20. The van der Waals surface area contributed by atoms with E-state index in [2.05, 4.69) is 143 Å². The van der Waals surface area contributed by atoms with E-state index < -0.39 is 4.75 Å². The van der Waals surface area contributed by atoms with Gasteiger partial charge in [0.25, 0.3) is 0 Å². The molecule has 38 heavy (non-hydrogen) atoms. The molecule has 5 nitrogen and oxygen atoms in total. The van der Waals surface area contributed by atoms with Crippen LogP contribution in [0.2, 0.25) is 0 Å². The standard InChI is InChI=1S/C32H43N5S/c1-9-37(10-2)28-19-20-29-30(21-28)34-31(33-22-23(3)4)38-32(29,24-11-15-26(16-12-24)35(5)6)25-13-17-27(18-14-25)36(7)8/h11-21,23H,9-10,22H2,1-8H3,(H,33,34). The zero-order chi connectivity index (χ0) is 27.4. The van der Waals surface area contributed by atoms with Crippen LogP contribution in [0.1, 0.15) is 44.4 Å². The summed E-state index contributed by atoms with van der Waals surface area (Å²) in [5, 5.41) is 4.64. The van der Waals surface area contributed by atoms with Gasteiger partial charge in [-0.2, -0.15) is 0 Å². The van der Waals surface area contributed by atoms with Crippen molar-refractivity contribution >= 4 is 39.7 Å². The van der Waals surface area contributed by atoms with E-state index >= 15 is 0 Å². The first-order valence-corrected chi connectivity index (χ1v) is 14.5. The zero-order valence-electron chi connectivity index (χ0n) is 24.2. The number of hydrogen-bond acceptors (Lipinski definition) is 6. The lowest BCUT2D eigenvalue weighted by Crippen LogP contribution is -2.36. The fourth-order valence-corrected chi connectivity index (χ4v) is 6.36. The molecule has 1 N–H and O–H groups in total. The van der Waals surface area contributed by atoms with E-state index in [9.17, 15) is 0 Å². The molecule has 3 aromatic rings. The van der Waals surface area contributed by atoms with Crippen LogP contribution in [-0.4, -0.2) is 53.0 Å². The van der Waals surface area contributed by atoms with Gasteiger partial charge in [-0.15, -0.1) is 0 Å². The van der Waals surface area contributed by atoms with Crippen molar-refractivity contribution in [1.29, 1.82) is 0 Å². The molecule has 0 amide bonds. The number of aliphatic imine (C=N–C) groups is 1. The first-order valence-electron chi connectivity index (χ1n) is 13.7. The number of fused-ring (bicyclic) bond motifs is 1. The highest BCUT2D eigenvalue weighted by atomic mass is 32.2. The topological polar surface area (TPSA) is 34.1 Å². The summed E-state index contributed by atoms with van der Waals surface area (Å²) in [6, 6.07) is 24.9. The summed E-state index contributed by atoms with van der Waals surface area (Å²) in [6.45, 7) is 11.7. The van der Waals surface area contributed by atoms with E-state index in [-0.39, 0.29) is 0 Å². The highest BCUT2D eigenvalue weighted by Crippen LogP contribution is 2.55. The van der Waals surface area contributed by atoms with Crippen molar-refractivity contribution in [2.24, 2.45) is 10.9 Å². The SMILES string of the molecule is CCN(CC)c1ccc2c(c1)N=C(NCC(C)C)SC2(c1ccc(N(C)C)cc1)c1ccc(N(C)C)cc1. The Morgan fingerprint density at radius 3 is 1.71 bits per heavy atom. The molecular formula is C32H43N5S. The molecule has 3 aromatic carbocycles. The zero-order valence-corrected chi connectivity index (χ0v) is 25.1. The van der Waals surface area contributed by atoms with Crippen molar-refractivity contribution in [3.63, 3.8) is 0 Å². The summed E-state index contributed by atoms with van der Waals surface area (Å²) in [7, 11) is 8.35. The van der Waals surface area contributed by atoms with Crippen LogP contribution >= 0.6 is 11.8 Å². The maximum absolute atomic E-state index is 5.19. The Balaban J connectivity index is 1.97. The number of thioether (sulfide) groups is 1. The van der Waals surface area contributed by atoms with Crippen molar-refractivity contribution in [1.82, 2.24) is 5.32 Å². The molecule has 0 aromatic heterocycles. The van der Waals surface area contributed by atoms with Crippen LogP contribution in [0.15, 0.2) is 71.7 Å². The maximum Gasteiger partial charge on any atom is 0.163 e. The Morgan fingerprint density at radius 1 is 0.763 bits per heavy atom. The van der Waals surface area contributed by atoms with Gasteiger partial charge in [0, 0.05) is 70.5 Å². The van der Waals surface area contributed by atoms with Gasteiger partial charge in [-0.1, -0.05) is 55.9 Å². The summed E-state index contributed by atoms with van der Waals surface area (Å²) >= 11 is 1.82. The molecule has 6 heteroatoms. The fourth-order valence-electron chi connectivity index (χ4n) is 4.98. The van der Waals surface area contributed by atoms with E-state index in [1.807, 2.05) is 11.8 Å². The first kappa shape index (κ1) is 27.9. The van der Waals surface area contributed by atoms with Gasteiger partial charge in [-0.3, -0.25) is 0 Å². The highest BCUT2D eigenvalue weighted by Gasteiger charge is 2.43. The van der Waals surface area contributed by atoms with E-state index in [0.717, 1.165) is 30.5 Å². The molecule has 1 heterocycles. The average Bonchev–Trinajstić information content (AvgIpc) is 2.92. The Kier molecular flexibility index (Phi) is 8.61. The second kappa shape index (κ2) is 11.7. The van der Waals surface area contributed by atoms with Crippen molar-refractivity contribution in [3.8, 4) is 0 Å². The summed E-state index contributed by atoms with van der Waals surface area (Å²) < 4.78 is -0.437. The second-order valence-electron chi connectivity index (χ2n) is 10.7. The number of rotatable bonds is 9. The van der Waals surface area contributed by atoms with Gasteiger partial charge in [0.1, 0.15) is 4.75 Å². The molecule has 4 rings (SSSR count). The monoisotopic (exact) mass is 529 g/mol. The molecule has 0 radical (unpaired) electrons. The van der Waals surface area contributed by atoms with Gasteiger partial charge in [0.15, 0.2) is 5.17 Å². The van der Waals surface area contributed by atoms with Gasteiger partial charge in [0.05, 0.1) is 5.69 Å². The number of hydrogen-bond donors (Lipinski definition) is 1. The lowest BCUT2D eigenvalue weighted by Gasteiger charge is -2.39. The van der Waals surface area contributed by atoms with Crippen LogP contribution in [0.3, 0.4) is 0 Å². The maximum atomic E-state index is 5.19. The van der Waals surface area contributed by atoms with Gasteiger partial charge in [-0.25, -0.2) is 4.99 Å². The predicted molar refractivity (Wildman–Crippen MR) is 169 cm³/mol. The average molecular weight is 530 g/mol. The number of benzene rings is 3. The molecule has 0 bridgehead atoms. The third kappa shape index (κ3) is 5.51. The molecule has 0 spiro atoms. The van der Waals surface area contributed by atoms with Crippen molar-refractivity contribution < 1.29 is 0 Å². The summed E-state index contributed by atoms with van der Waals surface area (Å²) in [5.74, 6) is 0.523. The summed E-state index contributed by atoms with van der Waals surface area (Å²) in [4.78, 5) is 11.9. The Hall–Kier alpha value is -3.12. The van der Waals surface area contributed by atoms with Crippen LogP contribution in [-0.2, 0) is 4.75 Å². The normalized spacial score (nSPS) is 14.1. The van der Waals surface area contributed by atoms with Crippen LogP contribution in [0, 0.1) is 5.92 Å². The lowest BCUT2D eigenvalue weighted by atomic mass is 9.82. The minimum absolute atomic E-state index is 0.437. The van der Waals surface area contributed by atoms with Crippen molar-refractivity contribution in [2.45, 2.75) is 32.4 Å². The largest absolute Gasteiger partial charge is 0.378 e. The van der Waals surface area contributed by atoms with Gasteiger partial charge in [0.2, 0.25) is 0 Å². The van der Waals surface area contributed by atoms with Crippen molar-refractivity contribution in [2.75, 3.05) is 62.5 Å². The molecule has 202 valence electrons. The lowest BCUT2D eigenvalue weighted by molar-refractivity contribution is 0.627. The van der Waals surface area contributed by atoms with E-state index in [1.165, 1.54) is 33.8 Å². The number of anilines is 3. The number of nitrogens with zero attached hydrogens (tertiary/aromatic N) is 4. The molecular weight excluding hydrogens is 486 g/mol. The molecule has 0 fully saturated rings. The summed E-state index contributed by atoms with van der Waals surface area (Å²) in [5.41, 5.74) is 8.36. The highest BCUT2D eigenvalue weighted by molar-refractivity contribution is 8.15. The van der Waals surface area contributed by atoms with E-state index in [0.29, 0.717) is 5.92 Å². The molecule has 0 saturated carbocycles. The quantitative estimate of drug-likeness (QED) is 0.325. The van der Waals surface area contributed by atoms with Gasteiger partial charge >= 0.3 is 0 Å². The van der Waals surface area contributed by atoms with E-state index in [1.54, 1.807) is 0 Å². The van der Waals surface area contributed by atoms with Crippen LogP contribution in [0.5, 0.6) is 0 Å². The third-order valence-corrected chi connectivity index (χ3v) is 8.63. The molecule has 0 aliphatic carbocycles. The Bertz CT molecular complexity index is 1190. The molecule has 0 atom stereocenters. The van der Waals surface area contributed by atoms with Crippen LogP contribution < -0.4 is 20.0 Å². The van der Waals surface area contributed by atoms with Gasteiger partial charge in [-0.05, 0) is 67.3 Å². The fraction of sp³-hybridized carbons (Fsp3) is 0.406. The number of nitrogens with one attached hydrogen (secondary N) is 1. The minimum Gasteiger partial charge on any atom is -0.378 e. The Morgan fingerprint density at radius 2 is 1.26 bits per heavy atom. The smallest absolute Gasteiger partial charge is 0.163 e. The van der Waals surface area contributed by atoms with Crippen LogP contribution in [0.4, 0.5) is 22.7 Å². The minimum atomic E-state index is -0.437. The van der Waals surface area contributed by atoms with E-state index in [4.69, 9.17) is 4.99 Å². The summed E-state index contributed by atoms with van der Waals surface area (Å²) in [6.07, 6.45) is 0. The Labute approximate surface area is 233 Å². The first-order chi connectivity index (χ1) is 18.2. The predicted octanol–water partition coefficient (Wildman–Crippen LogP) is 6.94. The number of amidine groups is 1. The van der Waals surface area contributed by atoms with Crippen molar-refractivity contribution in [3.05, 3.63) is 83.4 Å². The second-order valence-corrected chi connectivity index (χ2v) is 11.9. The molecule has 0 unspecified atom stereocenters. The van der Waals surface area contributed by atoms with Crippen LogP contribution in [0.25, 0.3) is 0 Å².